The number of ether oxygens (including phenoxy) is 3. The van der Waals surface area contributed by atoms with Gasteiger partial charge in [-0.3, -0.25) is 57.9 Å². The second-order valence-corrected chi connectivity index (χ2v) is 28.8. The predicted molar refractivity (Wildman–Crippen MR) is 397 cm³/mol. The zero-order valence-corrected chi connectivity index (χ0v) is 63.6. The highest BCUT2D eigenvalue weighted by molar-refractivity contribution is 7.09. The van der Waals surface area contributed by atoms with E-state index in [0.29, 0.717) is 81.5 Å². The Morgan fingerprint density at radius 1 is 0.760 bits per heavy atom. The number of hydrogen-bond donors (Lipinski definition) is 7. The molecule has 570 valence electrons. The van der Waals surface area contributed by atoms with Crippen molar-refractivity contribution in [3.05, 3.63) is 112 Å². The van der Waals surface area contributed by atoms with E-state index in [4.69, 9.17) is 19.9 Å². The molecule has 1 unspecified atom stereocenters. The zero-order valence-electron chi connectivity index (χ0n) is 62.8. The lowest BCUT2D eigenvalue weighted by molar-refractivity contribution is -0.147. The van der Waals surface area contributed by atoms with Gasteiger partial charge in [-0.25, -0.2) is 14.6 Å². The van der Waals surface area contributed by atoms with Crippen LogP contribution in [-0.2, 0) is 76.8 Å². The molecule has 2 saturated heterocycles. The monoisotopic (exact) mass is 1460 g/mol. The Morgan fingerprint density at radius 2 is 1.45 bits per heavy atom. The van der Waals surface area contributed by atoms with Gasteiger partial charge in [0.05, 0.1) is 48.7 Å². The standard InChI is InChI=1S/C76H111N13O14S/c1-14-48(4)66(61(101-12)45-64(92)88-40-22-26-60(88)67(102-13)50(6)68(93)84-59(72-78-38-42-104-72)44-54-23-17-15-18-24-54)87(11)74(98)52(8)81-71(96)65(47(2)3)85(9)41-36-53-30-34-57(35-31-53)86(10)76(100)103-46-55-28-32-56(33-29-55)82-70(95)58(25-21-37-79-75(77)99)83-69(94)51(7)80-62(90)27-19-16-20-39-89-63(91)43-49(5)73(89)97/h15,17-18,23-24,28-35,38,42,47-52,58-61,65-67H,14,16,19-22,25-27,36-37,39-41,43-46H2,1-13H3,(H,80,90)(H,81,96)(H,82,95)(H,83,94)(H,84,93)(H3,77,79,99)/t48-,49?,50+,51-,52-,58-,59-,60-,61+,65-,66-,67+/m0/s1. The van der Waals surface area contributed by atoms with E-state index in [1.807, 2.05) is 94.4 Å². The second kappa shape index (κ2) is 41.6. The summed E-state index contributed by atoms with van der Waals surface area (Å²) in [4.78, 5) is 158. The highest BCUT2D eigenvalue weighted by atomic mass is 32.1. The van der Waals surface area contributed by atoms with Gasteiger partial charge in [0.2, 0.25) is 53.2 Å². The van der Waals surface area contributed by atoms with E-state index in [1.165, 1.54) is 28.1 Å². The van der Waals surface area contributed by atoms with Crippen LogP contribution in [0.2, 0.25) is 0 Å². The molecule has 3 heterocycles. The highest BCUT2D eigenvalue weighted by Crippen LogP contribution is 2.31. The van der Waals surface area contributed by atoms with Crippen molar-refractivity contribution in [1.29, 1.82) is 0 Å². The van der Waals surface area contributed by atoms with Crippen LogP contribution in [0.3, 0.4) is 0 Å². The number of methoxy groups -OCH3 is 2. The van der Waals surface area contributed by atoms with Crippen molar-refractivity contribution in [3.63, 3.8) is 0 Å². The number of carbonyl (C=O) groups excluding carboxylic acids is 11. The van der Waals surface area contributed by atoms with Crippen molar-refractivity contribution < 1.29 is 67.0 Å². The van der Waals surface area contributed by atoms with Crippen LogP contribution < -0.4 is 42.5 Å². The number of nitrogens with two attached hydrogens (primary N) is 1. The van der Waals surface area contributed by atoms with E-state index in [9.17, 15) is 52.7 Å². The molecular weight excluding hydrogens is 1350 g/mol. The number of anilines is 2. The predicted octanol–water partition coefficient (Wildman–Crippen LogP) is 7.27. The number of nitrogens with one attached hydrogen (secondary N) is 6. The van der Waals surface area contributed by atoms with Gasteiger partial charge in [-0.05, 0) is 125 Å². The van der Waals surface area contributed by atoms with Crippen LogP contribution >= 0.6 is 11.3 Å². The Balaban J connectivity index is 0.954. The van der Waals surface area contributed by atoms with Crippen LogP contribution in [0.4, 0.5) is 21.0 Å². The molecule has 2 aliphatic heterocycles. The molecule has 27 nitrogen and oxygen atoms in total. The summed E-state index contributed by atoms with van der Waals surface area (Å²) in [7, 11) is 8.27. The summed E-state index contributed by atoms with van der Waals surface area (Å²) in [6.07, 6.45) is 5.31. The normalized spacial score (nSPS) is 17.3. The molecule has 0 spiro atoms. The minimum Gasteiger partial charge on any atom is -0.444 e. The molecule has 28 heteroatoms. The van der Waals surface area contributed by atoms with Gasteiger partial charge < -0.3 is 61.6 Å². The minimum atomic E-state index is -1.06. The minimum absolute atomic E-state index is 0.0235. The molecule has 12 amide bonds. The Labute approximate surface area is 616 Å². The van der Waals surface area contributed by atoms with E-state index in [2.05, 4.69) is 36.9 Å². The number of nitrogens with zero attached hydrogens (tertiary/aromatic N) is 6. The van der Waals surface area contributed by atoms with Crippen molar-refractivity contribution in [2.24, 2.45) is 29.4 Å². The van der Waals surface area contributed by atoms with Crippen molar-refractivity contribution in [2.45, 2.75) is 200 Å². The number of benzene rings is 3. The van der Waals surface area contributed by atoms with Crippen LogP contribution in [0.5, 0.6) is 0 Å². The van der Waals surface area contributed by atoms with Crippen LogP contribution in [0.25, 0.3) is 0 Å². The first-order valence-corrected chi connectivity index (χ1v) is 37.2. The maximum atomic E-state index is 14.6. The maximum Gasteiger partial charge on any atom is 0.414 e. The van der Waals surface area contributed by atoms with E-state index in [1.54, 1.807) is 94.6 Å². The third kappa shape index (κ3) is 24.6. The number of amides is 12. The van der Waals surface area contributed by atoms with Gasteiger partial charge in [0.1, 0.15) is 29.7 Å². The number of rotatable bonds is 41. The number of imide groups is 1. The van der Waals surface area contributed by atoms with Crippen molar-refractivity contribution in [3.8, 4) is 0 Å². The quantitative estimate of drug-likeness (QED) is 0.0170. The van der Waals surface area contributed by atoms with E-state index in [0.717, 1.165) is 22.6 Å². The van der Waals surface area contributed by atoms with Crippen LogP contribution in [-0.4, -0.2) is 200 Å². The maximum absolute atomic E-state index is 14.6. The number of urea groups is 1. The molecule has 12 atom stereocenters. The number of aromatic nitrogens is 1. The molecule has 1 aromatic heterocycles. The summed E-state index contributed by atoms with van der Waals surface area (Å²) >= 11 is 1.48. The zero-order chi connectivity index (χ0) is 76.3. The molecule has 0 saturated carbocycles. The topological polar surface area (TPSA) is 343 Å². The van der Waals surface area contributed by atoms with Crippen molar-refractivity contribution in [2.75, 3.05) is 71.8 Å². The fourth-order valence-electron chi connectivity index (χ4n) is 13.6. The Kier molecular flexibility index (Phi) is 33.6. The molecule has 2 fully saturated rings. The fraction of sp³-hybridized carbons (Fsp3) is 0.579. The number of likely N-dealkylation sites (N-methyl/N-ethyl adjacent to an activating group) is 2. The fourth-order valence-corrected chi connectivity index (χ4v) is 14.3. The van der Waals surface area contributed by atoms with Crippen LogP contribution in [0.15, 0.2) is 90.4 Å². The molecule has 8 N–H and O–H groups in total. The van der Waals surface area contributed by atoms with Gasteiger partial charge >= 0.3 is 12.1 Å². The molecule has 3 aromatic carbocycles. The molecular formula is C76H111N13O14S. The van der Waals surface area contributed by atoms with E-state index in [-0.39, 0.29) is 116 Å². The van der Waals surface area contributed by atoms with Gasteiger partial charge in [0.15, 0.2) is 0 Å². The summed E-state index contributed by atoms with van der Waals surface area (Å²) < 4.78 is 17.8. The second-order valence-electron chi connectivity index (χ2n) is 27.9. The lowest BCUT2D eigenvalue weighted by Gasteiger charge is -2.40. The lowest BCUT2D eigenvalue weighted by atomic mass is 9.90. The average Bonchev–Trinajstić information content (AvgIpc) is 1.56. The third-order valence-electron chi connectivity index (χ3n) is 19.8. The number of thiazole rings is 1. The molecule has 4 aromatic rings. The number of unbranched alkanes of at least 4 members (excludes halogenated alkanes) is 2. The first-order chi connectivity index (χ1) is 49.6. The molecule has 104 heavy (non-hydrogen) atoms. The van der Waals surface area contributed by atoms with Gasteiger partial charge in [-0.1, -0.05) is 109 Å². The first-order valence-electron chi connectivity index (χ1n) is 36.3. The first kappa shape index (κ1) is 84.1. The third-order valence-corrected chi connectivity index (χ3v) is 20.7. The number of carbonyl (C=O) groups is 11. The lowest BCUT2D eigenvalue weighted by Crippen LogP contribution is -2.58. The summed E-state index contributed by atoms with van der Waals surface area (Å²) in [5.74, 6) is -4.08. The summed E-state index contributed by atoms with van der Waals surface area (Å²) in [5.41, 5.74) is 8.82. The van der Waals surface area contributed by atoms with Crippen molar-refractivity contribution in [1.82, 2.24) is 51.2 Å². The van der Waals surface area contributed by atoms with E-state index < -0.39 is 72.3 Å². The van der Waals surface area contributed by atoms with Crippen molar-refractivity contribution >= 4 is 88.0 Å². The van der Waals surface area contributed by atoms with Crippen LogP contribution in [0.1, 0.15) is 154 Å². The SMILES string of the molecule is CC[C@H](C)[C@@H]([C@@H](CC(=O)N1CCC[C@H]1[C@H](OC)[C@@H](C)C(=O)N[C@@H](Cc1ccccc1)c1nccs1)OC)N(C)C(=O)[C@H](C)NC(=O)[C@H](C(C)C)N(C)CCc1ccc(N(C)C(=O)OCc2ccc(NC(=O)[C@H](CCCNC(N)=O)NC(=O)[C@H](C)NC(=O)CCCCCN3C(=O)CC(C)C3=O)cc2)cc1. The summed E-state index contributed by atoms with van der Waals surface area (Å²) in [6, 6.07) is 18.3. The Bertz CT molecular complexity index is 3480. The molecule has 6 rings (SSSR count). The summed E-state index contributed by atoms with van der Waals surface area (Å²) in [6.45, 7) is 16.0. The number of likely N-dealkylation sites (tertiary alicyclic amines) is 2. The molecule has 2 aliphatic rings. The number of hydrogen-bond acceptors (Lipinski definition) is 17. The van der Waals surface area contributed by atoms with Gasteiger partial charge in [-0.15, -0.1) is 11.3 Å². The largest absolute Gasteiger partial charge is 0.444 e. The smallest absolute Gasteiger partial charge is 0.414 e. The average molecular weight is 1460 g/mol. The van der Waals surface area contributed by atoms with Gasteiger partial charge in [0.25, 0.3) is 0 Å². The summed E-state index contributed by atoms with van der Waals surface area (Å²) in [5, 5.41) is 19.5. The van der Waals surface area contributed by atoms with Crippen LogP contribution in [0, 0.1) is 23.7 Å². The number of primary amides is 1. The highest BCUT2D eigenvalue weighted by Gasteiger charge is 2.43. The molecule has 0 aliphatic carbocycles. The molecule has 0 bridgehead atoms. The van der Waals surface area contributed by atoms with Gasteiger partial charge in [0, 0.05) is 96.2 Å². The Morgan fingerprint density at radius 3 is 2.07 bits per heavy atom. The Hall–Kier alpha value is -8.86. The van der Waals surface area contributed by atoms with Gasteiger partial charge in [-0.2, -0.15) is 0 Å². The molecule has 0 radical (unpaired) electrons. The van der Waals surface area contributed by atoms with E-state index >= 15 is 0 Å².